The Balaban J connectivity index is 2.25. The fourth-order valence-corrected chi connectivity index (χ4v) is 1.79. The Hall–Kier alpha value is -0.890. The van der Waals surface area contributed by atoms with Gasteiger partial charge < -0.3 is 5.32 Å². The molecule has 1 nitrogen and oxygen atoms in total. The van der Waals surface area contributed by atoms with Gasteiger partial charge in [-0.15, -0.1) is 0 Å². The lowest BCUT2D eigenvalue weighted by molar-refractivity contribution is 0.600. The first-order valence-electron chi connectivity index (χ1n) is 4.77. The average Bonchev–Trinajstić information content (AvgIpc) is 2.62. The molecule has 13 heavy (non-hydrogen) atoms. The van der Waals surface area contributed by atoms with Crippen LogP contribution in [-0.2, 0) is 0 Å². The summed E-state index contributed by atoms with van der Waals surface area (Å²) in [6.45, 7) is 2.85. The molecule has 1 heterocycles. The molecule has 0 aliphatic carbocycles. The smallest absolute Gasteiger partial charge is 0.126 e. The van der Waals surface area contributed by atoms with Gasteiger partial charge in [0.15, 0.2) is 0 Å². The normalized spacial score (nSPS) is 22.2. The third kappa shape index (κ3) is 1.73. The van der Waals surface area contributed by atoms with Gasteiger partial charge in [-0.2, -0.15) is 0 Å². The molecule has 0 amide bonds. The number of rotatable bonds is 1. The van der Waals surface area contributed by atoms with E-state index in [9.17, 15) is 4.39 Å². The Labute approximate surface area is 78.0 Å². The summed E-state index contributed by atoms with van der Waals surface area (Å²) in [4.78, 5) is 0. The Morgan fingerprint density at radius 2 is 2.31 bits per heavy atom. The van der Waals surface area contributed by atoms with E-state index in [4.69, 9.17) is 0 Å². The van der Waals surface area contributed by atoms with Gasteiger partial charge in [-0.05, 0) is 43.5 Å². The fourth-order valence-electron chi connectivity index (χ4n) is 1.79. The molecule has 1 aromatic rings. The molecule has 1 saturated heterocycles. The lowest BCUT2D eigenvalue weighted by Gasteiger charge is -2.10. The molecular weight excluding hydrogens is 165 g/mol. The zero-order chi connectivity index (χ0) is 9.26. The summed E-state index contributed by atoms with van der Waals surface area (Å²) in [5.41, 5.74) is 1.81. The summed E-state index contributed by atoms with van der Waals surface area (Å²) in [6, 6.07) is 5.89. The molecule has 1 atom stereocenters. The quantitative estimate of drug-likeness (QED) is 0.698. The van der Waals surface area contributed by atoms with Gasteiger partial charge in [0.2, 0.25) is 0 Å². The van der Waals surface area contributed by atoms with E-state index in [-0.39, 0.29) is 5.82 Å². The highest BCUT2D eigenvalue weighted by Gasteiger charge is 2.16. The number of aryl methyl sites for hydroxylation is 1. The lowest BCUT2D eigenvalue weighted by Crippen LogP contribution is -2.12. The van der Waals surface area contributed by atoms with Crippen LogP contribution in [0.15, 0.2) is 18.2 Å². The van der Waals surface area contributed by atoms with Crippen LogP contribution in [0, 0.1) is 12.7 Å². The third-order valence-electron chi connectivity index (χ3n) is 2.66. The van der Waals surface area contributed by atoms with Crippen LogP contribution in [0.2, 0.25) is 0 Å². The number of halogens is 1. The summed E-state index contributed by atoms with van der Waals surface area (Å²) in [6.07, 6.45) is 2.32. The fraction of sp³-hybridized carbons (Fsp3) is 0.455. The predicted octanol–water partition coefficient (Wildman–Crippen LogP) is 2.56. The molecule has 1 unspecified atom stereocenters. The van der Waals surface area contributed by atoms with Gasteiger partial charge in [-0.25, -0.2) is 4.39 Å². The second-order valence-corrected chi connectivity index (χ2v) is 3.66. The zero-order valence-corrected chi connectivity index (χ0v) is 7.81. The standard InChI is InChI=1S/C11H14FN/c1-8-4-5-9(7-10(8)12)11-3-2-6-13-11/h4-5,7,11,13H,2-3,6H2,1H3. The maximum atomic E-state index is 13.2. The molecule has 1 aromatic carbocycles. The lowest BCUT2D eigenvalue weighted by atomic mass is 10.0. The van der Waals surface area contributed by atoms with Crippen molar-refractivity contribution in [2.45, 2.75) is 25.8 Å². The highest BCUT2D eigenvalue weighted by atomic mass is 19.1. The maximum absolute atomic E-state index is 13.2. The highest BCUT2D eigenvalue weighted by Crippen LogP contribution is 2.24. The first-order valence-corrected chi connectivity index (χ1v) is 4.77. The number of hydrogen-bond donors (Lipinski definition) is 1. The Morgan fingerprint density at radius 3 is 2.92 bits per heavy atom. The maximum Gasteiger partial charge on any atom is 0.126 e. The van der Waals surface area contributed by atoms with Crippen LogP contribution in [0.4, 0.5) is 4.39 Å². The van der Waals surface area contributed by atoms with Crippen molar-refractivity contribution >= 4 is 0 Å². The molecule has 0 spiro atoms. The van der Waals surface area contributed by atoms with Gasteiger partial charge in [0.05, 0.1) is 0 Å². The van der Waals surface area contributed by atoms with Crippen LogP contribution < -0.4 is 5.32 Å². The summed E-state index contributed by atoms with van der Waals surface area (Å²) in [5.74, 6) is -0.0915. The zero-order valence-electron chi connectivity index (χ0n) is 7.81. The molecule has 1 aliphatic heterocycles. The van der Waals surface area contributed by atoms with Crippen LogP contribution in [0.3, 0.4) is 0 Å². The minimum Gasteiger partial charge on any atom is -0.310 e. The summed E-state index contributed by atoms with van der Waals surface area (Å²) in [5, 5.41) is 3.35. The molecule has 0 bridgehead atoms. The minimum absolute atomic E-state index is 0.0915. The van der Waals surface area contributed by atoms with E-state index in [0.29, 0.717) is 6.04 Å². The van der Waals surface area contributed by atoms with Crippen LogP contribution in [-0.4, -0.2) is 6.54 Å². The van der Waals surface area contributed by atoms with Gasteiger partial charge in [-0.3, -0.25) is 0 Å². The molecule has 2 heteroatoms. The molecule has 1 fully saturated rings. The van der Waals surface area contributed by atoms with E-state index in [1.54, 1.807) is 13.0 Å². The summed E-state index contributed by atoms with van der Waals surface area (Å²) < 4.78 is 13.2. The highest BCUT2D eigenvalue weighted by molar-refractivity contribution is 5.26. The second-order valence-electron chi connectivity index (χ2n) is 3.66. The molecule has 2 rings (SSSR count). The Morgan fingerprint density at radius 1 is 1.46 bits per heavy atom. The largest absolute Gasteiger partial charge is 0.310 e. The first kappa shape index (κ1) is 8.70. The van der Waals surface area contributed by atoms with Crippen molar-refractivity contribution in [3.05, 3.63) is 35.1 Å². The van der Waals surface area contributed by atoms with Crippen molar-refractivity contribution in [1.82, 2.24) is 5.32 Å². The van der Waals surface area contributed by atoms with Crippen LogP contribution in [0.25, 0.3) is 0 Å². The molecule has 70 valence electrons. The molecule has 1 N–H and O–H groups in total. The monoisotopic (exact) mass is 179 g/mol. The van der Waals surface area contributed by atoms with Crippen molar-refractivity contribution in [3.63, 3.8) is 0 Å². The first-order chi connectivity index (χ1) is 6.27. The van der Waals surface area contributed by atoms with Crippen LogP contribution in [0.5, 0.6) is 0 Å². The Kier molecular flexibility index (Phi) is 2.32. The van der Waals surface area contributed by atoms with Gasteiger partial charge in [0, 0.05) is 6.04 Å². The Bertz CT molecular complexity index is 303. The number of nitrogens with one attached hydrogen (secondary N) is 1. The van der Waals surface area contributed by atoms with E-state index in [1.807, 2.05) is 12.1 Å². The van der Waals surface area contributed by atoms with Crippen molar-refractivity contribution < 1.29 is 4.39 Å². The van der Waals surface area contributed by atoms with E-state index in [1.165, 1.54) is 6.42 Å². The molecule has 0 aromatic heterocycles. The van der Waals surface area contributed by atoms with Gasteiger partial charge >= 0.3 is 0 Å². The van der Waals surface area contributed by atoms with E-state index >= 15 is 0 Å². The molecular formula is C11H14FN. The van der Waals surface area contributed by atoms with Crippen molar-refractivity contribution in [2.24, 2.45) is 0 Å². The second kappa shape index (κ2) is 3.46. The van der Waals surface area contributed by atoms with Gasteiger partial charge in [0.25, 0.3) is 0 Å². The average molecular weight is 179 g/mol. The van der Waals surface area contributed by atoms with E-state index < -0.39 is 0 Å². The number of benzene rings is 1. The molecule has 0 saturated carbocycles. The number of hydrogen-bond acceptors (Lipinski definition) is 1. The van der Waals surface area contributed by atoms with Gasteiger partial charge in [-0.1, -0.05) is 12.1 Å². The van der Waals surface area contributed by atoms with Crippen LogP contribution >= 0.6 is 0 Å². The van der Waals surface area contributed by atoms with Gasteiger partial charge in [0.1, 0.15) is 5.82 Å². The van der Waals surface area contributed by atoms with E-state index in [2.05, 4.69) is 5.32 Å². The topological polar surface area (TPSA) is 12.0 Å². The third-order valence-corrected chi connectivity index (χ3v) is 2.66. The summed E-state index contributed by atoms with van der Waals surface area (Å²) in [7, 11) is 0. The van der Waals surface area contributed by atoms with Crippen molar-refractivity contribution in [1.29, 1.82) is 0 Å². The SMILES string of the molecule is Cc1ccc(C2CCCN2)cc1F. The van der Waals surface area contributed by atoms with Crippen LogP contribution in [0.1, 0.15) is 30.0 Å². The predicted molar refractivity (Wildman–Crippen MR) is 51.1 cm³/mol. The minimum atomic E-state index is -0.0915. The van der Waals surface area contributed by atoms with Crippen molar-refractivity contribution in [3.8, 4) is 0 Å². The molecule has 0 radical (unpaired) electrons. The van der Waals surface area contributed by atoms with Crippen molar-refractivity contribution in [2.75, 3.05) is 6.54 Å². The summed E-state index contributed by atoms with van der Waals surface area (Å²) >= 11 is 0. The van der Waals surface area contributed by atoms with E-state index in [0.717, 1.165) is 24.1 Å². The molecule has 1 aliphatic rings.